The van der Waals surface area contributed by atoms with Gasteiger partial charge in [-0.3, -0.25) is 0 Å². The number of rotatable bonds is 10. The predicted molar refractivity (Wildman–Crippen MR) is 170 cm³/mol. The third kappa shape index (κ3) is 6.83. The molecule has 0 aliphatic carbocycles. The molecule has 1 heteroatoms. The van der Waals surface area contributed by atoms with Crippen LogP contribution in [0.5, 0.6) is 11.5 Å². The first-order chi connectivity index (χ1) is 20.3. The molecule has 0 fully saturated rings. The van der Waals surface area contributed by atoms with E-state index in [1.807, 2.05) is 30.3 Å². The van der Waals surface area contributed by atoms with Crippen molar-refractivity contribution in [3.8, 4) is 11.5 Å². The molecule has 200 valence electrons. The average molecular weight is 531 g/mol. The molecule has 0 aromatic heterocycles. The minimum atomic E-state index is 0.804. The molecule has 0 amide bonds. The van der Waals surface area contributed by atoms with Gasteiger partial charge in [0, 0.05) is 12.0 Å². The standard InChI is InChI=1S/C40H34O/c1-6-16-31(17-7-1)26-35-30-40(41-36-24-14-5-15-25-36)39(29-34-22-12-4-13-23-34)38(28-33-20-10-3-11-21-33)37(35)27-32-18-8-2-9-19-32/h1-25,30H,26-29H2. The van der Waals surface area contributed by atoms with Crippen LogP contribution in [0.25, 0.3) is 0 Å². The van der Waals surface area contributed by atoms with E-state index in [4.69, 9.17) is 4.74 Å². The Morgan fingerprint density at radius 2 is 0.707 bits per heavy atom. The molecule has 0 heterocycles. The van der Waals surface area contributed by atoms with E-state index in [1.54, 1.807) is 0 Å². The maximum atomic E-state index is 6.74. The monoisotopic (exact) mass is 530 g/mol. The maximum Gasteiger partial charge on any atom is 0.131 e. The van der Waals surface area contributed by atoms with Gasteiger partial charge in [-0.2, -0.15) is 0 Å². The lowest BCUT2D eigenvalue weighted by Crippen LogP contribution is -2.10. The summed E-state index contributed by atoms with van der Waals surface area (Å²) in [6.45, 7) is 0. The first-order valence-corrected chi connectivity index (χ1v) is 14.4. The van der Waals surface area contributed by atoms with Crippen molar-refractivity contribution in [1.29, 1.82) is 0 Å². The van der Waals surface area contributed by atoms with Crippen LogP contribution in [0.15, 0.2) is 158 Å². The van der Waals surface area contributed by atoms with Gasteiger partial charge < -0.3 is 4.74 Å². The minimum absolute atomic E-state index is 0.804. The Labute approximate surface area is 243 Å². The summed E-state index contributed by atoms with van der Waals surface area (Å²) in [7, 11) is 0. The van der Waals surface area contributed by atoms with Crippen molar-refractivity contribution in [2.45, 2.75) is 25.7 Å². The topological polar surface area (TPSA) is 9.23 Å². The summed E-state index contributed by atoms with van der Waals surface area (Å²) in [4.78, 5) is 0. The normalized spacial score (nSPS) is 10.8. The number of ether oxygens (including phenoxy) is 1. The lowest BCUT2D eigenvalue weighted by Gasteiger charge is -2.24. The third-order valence-corrected chi connectivity index (χ3v) is 7.60. The van der Waals surface area contributed by atoms with Crippen LogP contribution in [-0.2, 0) is 25.7 Å². The quantitative estimate of drug-likeness (QED) is 0.171. The fraction of sp³-hybridized carbons (Fsp3) is 0.100. The molecule has 0 atom stereocenters. The average Bonchev–Trinajstić information content (AvgIpc) is 3.03. The number of benzene rings is 6. The van der Waals surface area contributed by atoms with E-state index < -0.39 is 0 Å². The Morgan fingerprint density at radius 1 is 0.341 bits per heavy atom. The van der Waals surface area contributed by atoms with E-state index in [9.17, 15) is 0 Å². The Kier molecular flexibility index (Phi) is 8.34. The summed E-state index contributed by atoms with van der Waals surface area (Å²) in [5.74, 6) is 1.79. The van der Waals surface area contributed by atoms with Crippen LogP contribution in [0.4, 0.5) is 0 Å². The summed E-state index contributed by atoms with van der Waals surface area (Å²) >= 11 is 0. The van der Waals surface area contributed by atoms with E-state index in [-0.39, 0.29) is 0 Å². The number of para-hydroxylation sites is 1. The van der Waals surface area contributed by atoms with Gasteiger partial charge in [-0.05, 0) is 76.4 Å². The zero-order chi connectivity index (χ0) is 27.7. The van der Waals surface area contributed by atoms with Crippen molar-refractivity contribution in [1.82, 2.24) is 0 Å². The molecule has 0 saturated carbocycles. The largest absolute Gasteiger partial charge is 0.457 e. The molecule has 41 heavy (non-hydrogen) atoms. The van der Waals surface area contributed by atoms with E-state index in [1.165, 1.54) is 44.5 Å². The van der Waals surface area contributed by atoms with Crippen molar-refractivity contribution in [2.24, 2.45) is 0 Å². The molecular formula is C40H34O. The van der Waals surface area contributed by atoms with Crippen LogP contribution in [0.2, 0.25) is 0 Å². The zero-order valence-corrected chi connectivity index (χ0v) is 23.2. The summed E-state index contributed by atoms with van der Waals surface area (Å²) in [5.41, 5.74) is 10.5. The highest BCUT2D eigenvalue weighted by Crippen LogP contribution is 2.37. The molecule has 0 aliphatic heterocycles. The molecule has 0 radical (unpaired) electrons. The summed E-state index contributed by atoms with van der Waals surface area (Å²) < 4.78 is 6.74. The van der Waals surface area contributed by atoms with Gasteiger partial charge in [0.1, 0.15) is 11.5 Å². The molecule has 0 aliphatic rings. The maximum absolute atomic E-state index is 6.74. The van der Waals surface area contributed by atoms with Crippen LogP contribution in [0.3, 0.4) is 0 Å². The predicted octanol–water partition coefficient (Wildman–Crippen LogP) is 9.84. The van der Waals surface area contributed by atoms with Gasteiger partial charge in [-0.15, -0.1) is 0 Å². The van der Waals surface area contributed by atoms with Gasteiger partial charge in [0.05, 0.1) is 0 Å². The fourth-order valence-electron chi connectivity index (χ4n) is 5.56. The van der Waals surface area contributed by atoms with Gasteiger partial charge in [-0.25, -0.2) is 0 Å². The smallest absolute Gasteiger partial charge is 0.131 e. The summed E-state index contributed by atoms with van der Waals surface area (Å²) in [6.07, 6.45) is 3.37. The van der Waals surface area contributed by atoms with Crippen molar-refractivity contribution >= 4 is 0 Å². The highest BCUT2D eigenvalue weighted by atomic mass is 16.5. The highest BCUT2D eigenvalue weighted by Gasteiger charge is 2.21. The number of hydrogen-bond donors (Lipinski definition) is 0. The second-order valence-electron chi connectivity index (χ2n) is 10.5. The lowest BCUT2D eigenvalue weighted by molar-refractivity contribution is 0.475. The van der Waals surface area contributed by atoms with Crippen molar-refractivity contribution in [3.05, 3.63) is 202 Å². The van der Waals surface area contributed by atoms with Crippen LogP contribution in [0.1, 0.15) is 44.5 Å². The lowest BCUT2D eigenvalue weighted by atomic mass is 9.83. The SMILES string of the molecule is c1ccc(Cc2cc(Oc3ccccc3)c(Cc3ccccc3)c(Cc3ccccc3)c2Cc2ccccc2)cc1. The van der Waals surface area contributed by atoms with E-state index in [2.05, 4.69) is 127 Å². The van der Waals surface area contributed by atoms with Gasteiger partial charge in [0.15, 0.2) is 0 Å². The molecule has 6 aromatic rings. The second-order valence-corrected chi connectivity index (χ2v) is 10.5. The first-order valence-electron chi connectivity index (χ1n) is 14.4. The Morgan fingerprint density at radius 3 is 1.17 bits per heavy atom. The van der Waals surface area contributed by atoms with Gasteiger partial charge in [0.25, 0.3) is 0 Å². The Hall–Kier alpha value is -4.88. The van der Waals surface area contributed by atoms with Crippen molar-refractivity contribution in [3.63, 3.8) is 0 Å². The molecule has 0 N–H and O–H groups in total. The Balaban J connectivity index is 1.58. The molecule has 0 unspecified atom stereocenters. The van der Waals surface area contributed by atoms with Crippen LogP contribution >= 0.6 is 0 Å². The summed E-state index contributed by atoms with van der Waals surface area (Å²) in [5, 5.41) is 0. The molecule has 0 bridgehead atoms. The zero-order valence-electron chi connectivity index (χ0n) is 23.2. The van der Waals surface area contributed by atoms with E-state index in [0.29, 0.717) is 0 Å². The van der Waals surface area contributed by atoms with Crippen molar-refractivity contribution in [2.75, 3.05) is 0 Å². The highest BCUT2D eigenvalue weighted by molar-refractivity contribution is 5.56. The minimum Gasteiger partial charge on any atom is -0.457 e. The second kappa shape index (κ2) is 13.0. The van der Waals surface area contributed by atoms with Crippen LogP contribution in [-0.4, -0.2) is 0 Å². The Bertz CT molecular complexity index is 1550. The van der Waals surface area contributed by atoms with E-state index >= 15 is 0 Å². The molecule has 0 saturated heterocycles. The molecule has 6 rings (SSSR count). The third-order valence-electron chi connectivity index (χ3n) is 7.60. The van der Waals surface area contributed by atoms with Crippen LogP contribution < -0.4 is 4.74 Å². The first kappa shape index (κ1) is 26.3. The molecular weight excluding hydrogens is 496 g/mol. The van der Waals surface area contributed by atoms with Crippen LogP contribution in [0, 0.1) is 0 Å². The van der Waals surface area contributed by atoms with E-state index in [0.717, 1.165) is 37.2 Å². The number of hydrogen-bond acceptors (Lipinski definition) is 1. The molecule has 1 nitrogen and oxygen atoms in total. The van der Waals surface area contributed by atoms with Gasteiger partial charge in [0.2, 0.25) is 0 Å². The summed E-state index contributed by atoms with van der Waals surface area (Å²) in [6, 6.07) is 55.7. The molecule has 0 spiro atoms. The van der Waals surface area contributed by atoms with Crippen molar-refractivity contribution < 1.29 is 4.74 Å². The van der Waals surface area contributed by atoms with Gasteiger partial charge in [-0.1, -0.05) is 140 Å². The molecule has 6 aromatic carbocycles. The van der Waals surface area contributed by atoms with Gasteiger partial charge >= 0.3 is 0 Å². The fourth-order valence-corrected chi connectivity index (χ4v) is 5.56.